The molecule has 0 atom stereocenters. The van der Waals surface area contributed by atoms with Crippen LogP contribution >= 0.6 is 0 Å². The number of fused-ring (bicyclic) bond motifs is 2. The van der Waals surface area contributed by atoms with E-state index in [0.717, 1.165) is 12.0 Å². The summed E-state index contributed by atoms with van der Waals surface area (Å²) in [6, 6.07) is 15.1. The third-order valence-electron chi connectivity index (χ3n) is 3.88. The van der Waals surface area contributed by atoms with Crippen molar-refractivity contribution in [3.8, 4) is 23.5 Å². The Hall–Kier alpha value is -2.00. The average Bonchev–Trinajstić information content (AvgIpc) is 2.60. The molecule has 2 aromatic rings. The zero-order valence-corrected chi connectivity index (χ0v) is 10.8. The number of benzene rings is 2. The molecule has 18 heavy (non-hydrogen) atoms. The smallest absolute Gasteiger partial charge is 0.0243 e. The van der Waals surface area contributed by atoms with Gasteiger partial charge in [0.05, 0.1) is 0 Å². The van der Waals surface area contributed by atoms with Crippen LogP contribution in [0.1, 0.15) is 30.5 Å². The Kier molecular flexibility index (Phi) is 2.31. The fourth-order valence-corrected chi connectivity index (χ4v) is 2.77. The SMILES string of the molecule is C#Cc1ccc(-c2ccc3cc2CC3(C)C)cc1. The summed E-state index contributed by atoms with van der Waals surface area (Å²) in [7, 11) is 0. The first-order valence-electron chi connectivity index (χ1n) is 6.31. The van der Waals surface area contributed by atoms with Crippen LogP contribution in [0, 0.1) is 12.3 Å². The van der Waals surface area contributed by atoms with Crippen LogP contribution in [-0.4, -0.2) is 0 Å². The lowest BCUT2D eigenvalue weighted by Crippen LogP contribution is -2.13. The summed E-state index contributed by atoms with van der Waals surface area (Å²) in [5.41, 5.74) is 6.72. The van der Waals surface area contributed by atoms with Crippen LogP contribution in [-0.2, 0) is 11.8 Å². The minimum atomic E-state index is 0.284. The van der Waals surface area contributed by atoms with Gasteiger partial charge in [-0.3, -0.25) is 0 Å². The molecule has 0 spiro atoms. The Bertz CT molecular complexity index is 637. The Morgan fingerprint density at radius 3 is 2.44 bits per heavy atom. The van der Waals surface area contributed by atoms with Crippen LogP contribution in [0.15, 0.2) is 42.5 Å². The van der Waals surface area contributed by atoms with E-state index < -0.39 is 0 Å². The third kappa shape index (κ3) is 1.64. The molecule has 0 saturated carbocycles. The highest BCUT2D eigenvalue weighted by Crippen LogP contribution is 2.39. The van der Waals surface area contributed by atoms with E-state index in [2.05, 4.69) is 50.1 Å². The fraction of sp³-hybridized carbons (Fsp3) is 0.222. The maximum atomic E-state index is 5.39. The van der Waals surface area contributed by atoms with Gasteiger partial charge in [0.25, 0.3) is 0 Å². The van der Waals surface area contributed by atoms with Crippen molar-refractivity contribution in [1.29, 1.82) is 0 Å². The lowest BCUT2D eigenvalue weighted by molar-refractivity contribution is 0.548. The predicted octanol–water partition coefficient (Wildman–Crippen LogP) is 4.17. The van der Waals surface area contributed by atoms with Crippen LogP contribution in [0.2, 0.25) is 0 Å². The summed E-state index contributed by atoms with van der Waals surface area (Å²) in [4.78, 5) is 0. The van der Waals surface area contributed by atoms with E-state index >= 15 is 0 Å². The van der Waals surface area contributed by atoms with Crippen molar-refractivity contribution in [2.75, 3.05) is 0 Å². The van der Waals surface area contributed by atoms with Crippen molar-refractivity contribution in [3.63, 3.8) is 0 Å². The Balaban J connectivity index is 2.05. The maximum Gasteiger partial charge on any atom is 0.0243 e. The topological polar surface area (TPSA) is 0 Å². The molecule has 0 N–H and O–H groups in total. The Morgan fingerprint density at radius 2 is 1.78 bits per heavy atom. The largest absolute Gasteiger partial charge is 0.115 e. The first-order valence-corrected chi connectivity index (χ1v) is 6.31. The lowest BCUT2D eigenvalue weighted by Gasteiger charge is -2.17. The molecule has 2 bridgehead atoms. The molecule has 0 aliphatic heterocycles. The zero-order chi connectivity index (χ0) is 12.8. The van der Waals surface area contributed by atoms with Crippen LogP contribution in [0.3, 0.4) is 0 Å². The van der Waals surface area contributed by atoms with Crippen LogP contribution in [0.5, 0.6) is 0 Å². The maximum absolute atomic E-state index is 5.39. The summed E-state index contributed by atoms with van der Waals surface area (Å²) in [5.74, 6) is 2.66. The molecule has 2 aromatic carbocycles. The highest BCUT2D eigenvalue weighted by molar-refractivity contribution is 5.70. The summed E-state index contributed by atoms with van der Waals surface area (Å²) >= 11 is 0. The van der Waals surface area contributed by atoms with Crippen molar-refractivity contribution in [2.45, 2.75) is 25.7 Å². The van der Waals surface area contributed by atoms with Gasteiger partial charge in [-0.05, 0) is 46.2 Å². The van der Waals surface area contributed by atoms with Gasteiger partial charge in [0.1, 0.15) is 0 Å². The third-order valence-corrected chi connectivity index (χ3v) is 3.88. The van der Waals surface area contributed by atoms with Gasteiger partial charge < -0.3 is 0 Å². The van der Waals surface area contributed by atoms with E-state index in [1.54, 1.807) is 0 Å². The van der Waals surface area contributed by atoms with Crippen molar-refractivity contribution < 1.29 is 0 Å². The molecule has 0 amide bonds. The van der Waals surface area contributed by atoms with E-state index in [9.17, 15) is 0 Å². The monoisotopic (exact) mass is 232 g/mol. The number of rotatable bonds is 1. The first-order chi connectivity index (χ1) is 8.60. The highest BCUT2D eigenvalue weighted by Gasteiger charge is 2.29. The van der Waals surface area contributed by atoms with Crippen molar-refractivity contribution in [2.24, 2.45) is 0 Å². The molecule has 0 heterocycles. The first kappa shape index (κ1) is 11.1. The van der Waals surface area contributed by atoms with Gasteiger partial charge in [0, 0.05) is 5.56 Å². The molecule has 1 aliphatic carbocycles. The minimum Gasteiger partial charge on any atom is -0.115 e. The van der Waals surface area contributed by atoms with Gasteiger partial charge in [-0.15, -0.1) is 6.42 Å². The predicted molar refractivity (Wildman–Crippen MR) is 76.5 cm³/mol. The van der Waals surface area contributed by atoms with Gasteiger partial charge in [-0.25, -0.2) is 0 Å². The Labute approximate surface area is 109 Å². The van der Waals surface area contributed by atoms with Gasteiger partial charge in [-0.2, -0.15) is 0 Å². The van der Waals surface area contributed by atoms with E-state index in [0.29, 0.717) is 0 Å². The molecule has 0 nitrogen and oxygen atoms in total. The molecule has 1 aliphatic rings. The lowest BCUT2D eigenvalue weighted by atomic mass is 9.87. The molecule has 0 fully saturated rings. The number of hydrogen-bond donors (Lipinski definition) is 0. The molecule has 0 radical (unpaired) electrons. The van der Waals surface area contributed by atoms with Crippen molar-refractivity contribution >= 4 is 0 Å². The molecule has 0 heteroatoms. The van der Waals surface area contributed by atoms with E-state index in [-0.39, 0.29) is 5.41 Å². The van der Waals surface area contributed by atoms with Gasteiger partial charge in [0.2, 0.25) is 0 Å². The zero-order valence-electron chi connectivity index (χ0n) is 10.8. The minimum absolute atomic E-state index is 0.284. The van der Waals surface area contributed by atoms with Gasteiger partial charge >= 0.3 is 0 Å². The van der Waals surface area contributed by atoms with Crippen LogP contribution in [0.25, 0.3) is 11.1 Å². The van der Waals surface area contributed by atoms with Gasteiger partial charge in [-0.1, -0.05) is 50.1 Å². The van der Waals surface area contributed by atoms with Gasteiger partial charge in [0.15, 0.2) is 0 Å². The fourth-order valence-electron chi connectivity index (χ4n) is 2.77. The van der Waals surface area contributed by atoms with Crippen molar-refractivity contribution in [1.82, 2.24) is 0 Å². The molecule has 3 rings (SSSR count). The Morgan fingerprint density at radius 1 is 1.06 bits per heavy atom. The molecular weight excluding hydrogens is 216 g/mol. The van der Waals surface area contributed by atoms with Crippen LogP contribution < -0.4 is 0 Å². The summed E-state index contributed by atoms with van der Waals surface area (Å²) in [6.07, 6.45) is 6.52. The van der Waals surface area contributed by atoms with Crippen LogP contribution in [0.4, 0.5) is 0 Å². The summed E-state index contributed by atoms with van der Waals surface area (Å²) in [6.45, 7) is 4.61. The number of terminal acetylenes is 1. The second kappa shape index (κ2) is 3.75. The normalized spacial score (nSPS) is 15.4. The quantitative estimate of drug-likeness (QED) is 0.647. The average molecular weight is 232 g/mol. The summed E-state index contributed by atoms with van der Waals surface area (Å²) in [5, 5.41) is 0. The number of hydrogen-bond acceptors (Lipinski definition) is 0. The second-order valence-corrected chi connectivity index (χ2v) is 5.65. The molecular formula is C18H16. The van der Waals surface area contributed by atoms with E-state index in [4.69, 9.17) is 6.42 Å². The van der Waals surface area contributed by atoms with Crippen molar-refractivity contribution in [3.05, 3.63) is 59.2 Å². The molecule has 0 unspecified atom stereocenters. The molecule has 0 saturated heterocycles. The standard InChI is InChI=1S/C18H16/c1-4-13-5-7-14(8-6-13)17-10-9-16-11-15(17)12-18(16,2)3/h1,5-11H,12H2,2-3H3. The van der Waals surface area contributed by atoms with E-state index in [1.165, 1.54) is 22.3 Å². The molecule has 88 valence electrons. The second-order valence-electron chi connectivity index (χ2n) is 5.65. The summed E-state index contributed by atoms with van der Waals surface area (Å²) < 4.78 is 0. The van der Waals surface area contributed by atoms with E-state index in [1.807, 2.05) is 12.1 Å². The molecule has 0 aromatic heterocycles. The highest BCUT2D eigenvalue weighted by atomic mass is 14.3.